The van der Waals surface area contributed by atoms with Gasteiger partial charge in [-0.1, -0.05) is 53.5 Å². The van der Waals surface area contributed by atoms with Gasteiger partial charge in [-0.2, -0.15) is 0 Å². The van der Waals surface area contributed by atoms with Crippen molar-refractivity contribution >= 4 is 29.1 Å². The molecule has 3 nitrogen and oxygen atoms in total. The van der Waals surface area contributed by atoms with Gasteiger partial charge in [-0.25, -0.2) is 0 Å². The molecule has 2 rings (SSSR count). The Hall–Kier alpha value is -1.55. The Kier molecular flexibility index (Phi) is 5.62. The number of rotatable bonds is 5. The van der Waals surface area contributed by atoms with E-state index in [9.17, 15) is 9.90 Å². The van der Waals surface area contributed by atoms with Gasteiger partial charge in [-0.15, -0.1) is 0 Å². The molecule has 110 valence electrons. The third kappa shape index (κ3) is 4.46. The van der Waals surface area contributed by atoms with E-state index in [2.05, 4.69) is 5.32 Å². The second kappa shape index (κ2) is 7.46. The normalized spacial score (nSPS) is 12.0. The van der Waals surface area contributed by atoms with E-state index in [0.717, 1.165) is 5.56 Å². The number of benzene rings is 2. The Morgan fingerprint density at radius 3 is 2.43 bits per heavy atom. The molecule has 2 aromatic carbocycles. The molecule has 0 radical (unpaired) electrons. The maximum absolute atomic E-state index is 11.9. The van der Waals surface area contributed by atoms with Crippen molar-refractivity contribution in [1.29, 1.82) is 0 Å². The minimum Gasteiger partial charge on any atom is -0.378 e. The van der Waals surface area contributed by atoms with Crippen LogP contribution in [0.5, 0.6) is 0 Å². The van der Waals surface area contributed by atoms with Crippen molar-refractivity contribution in [1.82, 2.24) is 5.32 Å². The number of carbonyl (C=O) groups excluding carboxylic acids is 1. The maximum Gasteiger partial charge on any atom is 0.253 e. The lowest BCUT2D eigenvalue weighted by molar-refractivity contribution is -0.129. The second-order valence-electron chi connectivity index (χ2n) is 4.59. The number of hydrogen-bond acceptors (Lipinski definition) is 2. The van der Waals surface area contributed by atoms with Gasteiger partial charge < -0.3 is 10.4 Å². The zero-order valence-electron chi connectivity index (χ0n) is 11.2. The number of aliphatic hydroxyl groups excluding tert-OH is 1. The standard InChI is InChI=1S/C16H15Cl2NO2/c17-12-7-5-11(6-8-12)9-10-19-16(21)15(20)13-3-1-2-4-14(13)18/h1-8,15,20H,9-10H2,(H,19,21). The van der Waals surface area contributed by atoms with Crippen molar-refractivity contribution in [2.75, 3.05) is 6.54 Å². The summed E-state index contributed by atoms with van der Waals surface area (Å²) >= 11 is 11.8. The van der Waals surface area contributed by atoms with Crippen molar-refractivity contribution < 1.29 is 9.90 Å². The van der Waals surface area contributed by atoms with Crippen LogP contribution in [0.4, 0.5) is 0 Å². The summed E-state index contributed by atoms with van der Waals surface area (Å²) in [6, 6.07) is 14.2. The molecular formula is C16H15Cl2NO2. The number of halogens is 2. The lowest BCUT2D eigenvalue weighted by Crippen LogP contribution is -2.31. The highest BCUT2D eigenvalue weighted by Crippen LogP contribution is 2.22. The van der Waals surface area contributed by atoms with Crippen LogP contribution in [0.15, 0.2) is 48.5 Å². The van der Waals surface area contributed by atoms with Gasteiger partial charge in [0.05, 0.1) is 0 Å². The number of aliphatic hydroxyl groups is 1. The van der Waals surface area contributed by atoms with E-state index in [4.69, 9.17) is 23.2 Å². The maximum atomic E-state index is 11.9. The van der Waals surface area contributed by atoms with Crippen molar-refractivity contribution in [3.05, 3.63) is 69.7 Å². The fraction of sp³-hybridized carbons (Fsp3) is 0.188. The first-order valence-electron chi connectivity index (χ1n) is 6.52. The van der Waals surface area contributed by atoms with E-state index in [1.807, 2.05) is 12.1 Å². The summed E-state index contributed by atoms with van der Waals surface area (Å²) in [6.07, 6.45) is -0.595. The van der Waals surface area contributed by atoms with Crippen molar-refractivity contribution in [2.45, 2.75) is 12.5 Å². The highest BCUT2D eigenvalue weighted by Gasteiger charge is 2.18. The molecule has 2 N–H and O–H groups in total. The highest BCUT2D eigenvalue weighted by molar-refractivity contribution is 6.31. The summed E-state index contributed by atoms with van der Waals surface area (Å²) in [4.78, 5) is 11.9. The highest BCUT2D eigenvalue weighted by atomic mass is 35.5. The van der Waals surface area contributed by atoms with Crippen molar-refractivity contribution in [3.8, 4) is 0 Å². The monoisotopic (exact) mass is 323 g/mol. The average molecular weight is 324 g/mol. The van der Waals surface area contributed by atoms with Gasteiger partial charge in [0, 0.05) is 22.2 Å². The van der Waals surface area contributed by atoms with Gasteiger partial charge >= 0.3 is 0 Å². The van der Waals surface area contributed by atoms with E-state index in [1.165, 1.54) is 0 Å². The molecule has 0 fully saturated rings. The van der Waals surface area contributed by atoms with Crippen molar-refractivity contribution in [2.24, 2.45) is 0 Å². The van der Waals surface area contributed by atoms with Crippen LogP contribution in [0.1, 0.15) is 17.2 Å². The molecule has 0 aliphatic heterocycles. The second-order valence-corrected chi connectivity index (χ2v) is 5.44. The summed E-state index contributed by atoms with van der Waals surface area (Å²) in [5.41, 5.74) is 1.47. The van der Waals surface area contributed by atoms with Crippen LogP contribution in [0, 0.1) is 0 Å². The van der Waals surface area contributed by atoms with E-state index in [0.29, 0.717) is 28.6 Å². The predicted octanol–water partition coefficient (Wildman–Crippen LogP) is 3.39. The lowest BCUT2D eigenvalue weighted by atomic mass is 10.1. The van der Waals surface area contributed by atoms with Crippen LogP contribution in [0.2, 0.25) is 10.0 Å². The minimum absolute atomic E-state index is 0.373. The summed E-state index contributed by atoms with van der Waals surface area (Å²) in [7, 11) is 0. The lowest BCUT2D eigenvalue weighted by Gasteiger charge is -2.13. The predicted molar refractivity (Wildman–Crippen MR) is 84.6 cm³/mol. The number of hydrogen-bond donors (Lipinski definition) is 2. The third-order valence-corrected chi connectivity index (χ3v) is 3.67. The van der Waals surface area contributed by atoms with Gasteiger partial charge in [-0.3, -0.25) is 4.79 Å². The van der Waals surface area contributed by atoms with Gasteiger partial charge in [-0.05, 0) is 30.2 Å². The minimum atomic E-state index is -1.26. The summed E-state index contributed by atoms with van der Waals surface area (Å²) in [5, 5.41) is 13.7. The Labute approximate surface area is 133 Å². The molecule has 0 spiro atoms. The Morgan fingerprint density at radius 2 is 1.76 bits per heavy atom. The molecule has 1 unspecified atom stereocenters. The molecule has 0 heterocycles. The largest absolute Gasteiger partial charge is 0.378 e. The van der Waals surface area contributed by atoms with Crippen LogP contribution in [-0.4, -0.2) is 17.6 Å². The summed E-state index contributed by atoms with van der Waals surface area (Å²) in [6.45, 7) is 0.433. The zero-order valence-corrected chi connectivity index (χ0v) is 12.7. The molecular weight excluding hydrogens is 309 g/mol. The molecule has 1 atom stereocenters. The Morgan fingerprint density at radius 1 is 1.10 bits per heavy atom. The van der Waals surface area contributed by atoms with Gasteiger partial charge in [0.15, 0.2) is 6.10 Å². The number of carbonyl (C=O) groups is 1. The van der Waals surface area contributed by atoms with E-state index >= 15 is 0 Å². The van der Waals surface area contributed by atoms with Crippen LogP contribution >= 0.6 is 23.2 Å². The first kappa shape index (κ1) is 15.8. The van der Waals surface area contributed by atoms with Gasteiger partial charge in [0.25, 0.3) is 5.91 Å². The number of amides is 1. The summed E-state index contributed by atoms with van der Waals surface area (Å²) in [5.74, 6) is -0.461. The molecule has 0 saturated carbocycles. The Bertz CT molecular complexity index is 614. The molecule has 0 aliphatic rings. The zero-order chi connectivity index (χ0) is 15.2. The molecule has 0 aliphatic carbocycles. The van der Waals surface area contributed by atoms with Crippen LogP contribution in [0.25, 0.3) is 0 Å². The fourth-order valence-electron chi connectivity index (χ4n) is 1.92. The van der Waals surface area contributed by atoms with Gasteiger partial charge in [0.2, 0.25) is 0 Å². The Balaban J connectivity index is 1.87. The molecule has 0 aromatic heterocycles. The van der Waals surface area contributed by atoms with E-state index < -0.39 is 12.0 Å². The van der Waals surface area contributed by atoms with E-state index in [-0.39, 0.29) is 0 Å². The first-order chi connectivity index (χ1) is 10.1. The van der Waals surface area contributed by atoms with Crippen LogP contribution in [0.3, 0.4) is 0 Å². The topological polar surface area (TPSA) is 49.3 Å². The fourth-order valence-corrected chi connectivity index (χ4v) is 2.28. The smallest absolute Gasteiger partial charge is 0.253 e. The number of nitrogens with one attached hydrogen (secondary N) is 1. The SMILES string of the molecule is O=C(NCCc1ccc(Cl)cc1)C(O)c1ccccc1Cl. The average Bonchev–Trinajstić information content (AvgIpc) is 2.49. The molecule has 21 heavy (non-hydrogen) atoms. The van der Waals surface area contributed by atoms with Crippen LogP contribution < -0.4 is 5.32 Å². The third-order valence-electron chi connectivity index (χ3n) is 3.07. The molecule has 2 aromatic rings. The van der Waals surface area contributed by atoms with Gasteiger partial charge in [0.1, 0.15) is 0 Å². The quantitative estimate of drug-likeness (QED) is 0.886. The molecule has 0 saturated heterocycles. The molecule has 1 amide bonds. The molecule has 0 bridgehead atoms. The van der Waals surface area contributed by atoms with Crippen LogP contribution in [-0.2, 0) is 11.2 Å². The molecule has 5 heteroatoms. The van der Waals surface area contributed by atoms with Crippen molar-refractivity contribution in [3.63, 3.8) is 0 Å². The first-order valence-corrected chi connectivity index (χ1v) is 7.28. The summed E-state index contributed by atoms with van der Waals surface area (Å²) < 4.78 is 0. The van der Waals surface area contributed by atoms with E-state index in [1.54, 1.807) is 36.4 Å².